The summed E-state index contributed by atoms with van der Waals surface area (Å²) in [7, 11) is 0. The fourth-order valence-corrected chi connectivity index (χ4v) is 2.30. The molecular weight excluding hydrogens is 250 g/mol. The Balaban J connectivity index is 2.24. The molecule has 0 radical (unpaired) electrons. The van der Waals surface area contributed by atoms with Gasteiger partial charge in [-0.2, -0.15) is 0 Å². The average molecular weight is 266 g/mol. The predicted octanol–water partition coefficient (Wildman–Crippen LogP) is 3.57. The number of benzene rings is 1. The van der Waals surface area contributed by atoms with Gasteiger partial charge in [0.25, 0.3) is 5.91 Å². The minimum Gasteiger partial charge on any atom is -0.463 e. The first kappa shape index (κ1) is 13.0. The summed E-state index contributed by atoms with van der Waals surface area (Å²) in [6, 6.07) is 7.49. The van der Waals surface area contributed by atoms with Crippen LogP contribution in [0.25, 0.3) is 11.0 Å². The number of alkyl halides is 1. The van der Waals surface area contributed by atoms with Crippen molar-refractivity contribution >= 4 is 28.5 Å². The number of para-hydroxylation sites is 1. The minimum atomic E-state index is -0.322. The SMILES string of the molecule is CC(C)(CCCl)NC(=O)c1coc2ccccc12. The Bertz CT molecular complexity index is 560. The first-order chi connectivity index (χ1) is 8.53. The molecule has 0 bridgehead atoms. The van der Waals surface area contributed by atoms with Crippen LogP contribution in [0.2, 0.25) is 0 Å². The van der Waals surface area contributed by atoms with Crippen LogP contribution in [-0.4, -0.2) is 17.3 Å². The summed E-state index contributed by atoms with van der Waals surface area (Å²) in [5, 5.41) is 3.80. The van der Waals surface area contributed by atoms with Gasteiger partial charge in [0, 0.05) is 16.8 Å². The number of fused-ring (bicyclic) bond motifs is 1. The summed E-state index contributed by atoms with van der Waals surface area (Å²) in [5.41, 5.74) is 0.961. The number of nitrogens with one attached hydrogen (secondary N) is 1. The highest BCUT2D eigenvalue weighted by Gasteiger charge is 2.22. The van der Waals surface area contributed by atoms with Crippen molar-refractivity contribution in [2.45, 2.75) is 25.8 Å². The van der Waals surface area contributed by atoms with Crippen LogP contribution < -0.4 is 5.32 Å². The number of hydrogen-bond acceptors (Lipinski definition) is 2. The first-order valence-electron chi connectivity index (χ1n) is 5.88. The second kappa shape index (κ2) is 5.02. The lowest BCUT2D eigenvalue weighted by Crippen LogP contribution is -2.43. The number of carbonyl (C=O) groups excluding carboxylic acids is 1. The zero-order chi connectivity index (χ0) is 13.2. The van der Waals surface area contributed by atoms with Gasteiger partial charge < -0.3 is 9.73 Å². The molecule has 1 amide bonds. The van der Waals surface area contributed by atoms with Crippen LogP contribution in [0.5, 0.6) is 0 Å². The highest BCUT2D eigenvalue weighted by Crippen LogP contribution is 2.21. The van der Waals surface area contributed by atoms with Gasteiger partial charge in [-0.1, -0.05) is 18.2 Å². The highest BCUT2D eigenvalue weighted by molar-refractivity contribution is 6.17. The van der Waals surface area contributed by atoms with E-state index in [-0.39, 0.29) is 11.4 Å². The molecule has 2 aromatic rings. The van der Waals surface area contributed by atoms with E-state index >= 15 is 0 Å². The molecule has 1 aromatic carbocycles. The molecule has 0 aliphatic carbocycles. The number of carbonyl (C=O) groups is 1. The molecule has 1 N–H and O–H groups in total. The van der Waals surface area contributed by atoms with E-state index < -0.39 is 0 Å². The number of halogens is 1. The molecule has 0 fully saturated rings. The van der Waals surface area contributed by atoms with Crippen molar-refractivity contribution in [3.05, 3.63) is 36.1 Å². The molecule has 96 valence electrons. The van der Waals surface area contributed by atoms with Crippen LogP contribution in [0, 0.1) is 0 Å². The van der Waals surface area contributed by atoms with E-state index in [1.807, 2.05) is 38.1 Å². The van der Waals surface area contributed by atoms with Crippen molar-refractivity contribution in [1.29, 1.82) is 0 Å². The van der Waals surface area contributed by atoms with E-state index in [0.29, 0.717) is 11.4 Å². The minimum absolute atomic E-state index is 0.130. The molecule has 18 heavy (non-hydrogen) atoms. The number of furan rings is 1. The second-order valence-electron chi connectivity index (χ2n) is 4.92. The van der Waals surface area contributed by atoms with Gasteiger partial charge in [0.2, 0.25) is 0 Å². The van der Waals surface area contributed by atoms with Gasteiger partial charge in [0.1, 0.15) is 11.8 Å². The Hall–Kier alpha value is -1.48. The largest absolute Gasteiger partial charge is 0.463 e. The lowest BCUT2D eigenvalue weighted by molar-refractivity contribution is 0.0912. The third-order valence-corrected chi connectivity index (χ3v) is 3.09. The van der Waals surface area contributed by atoms with Crippen molar-refractivity contribution < 1.29 is 9.21 Å². The van der Waals surface area contributed by atoms with Gasteiger partial charge in [0.15, 0.2) is 0 Å². The fraction of sp³-hybridized carbons (Fsp3) is 0.357. The summed E-state index contributed by atoms with van der Waals surface area (Å²) in [6.45, 7) is 3.91. The van der Waals surface area contributed by atoms with Crippen molar-refractivity contribution in [3.8, 4) is 0 Å². The van der Waals surface area contributed by atoms with E-state index in [4.69, 9.17) is 16.0 Å². The molecule has 2 rings (SSSR count). The van der Waals surface area contributed by atoms with Crippen LogP contribution in [-0.2, 0) is 0 Å². The van der Waals surface area contributed by atoms with Crippen molar-refractivity contribution in [1.82, 2.24) is 5.32 Å². The summed E-state index contributed by atoms with van der Waals surface area (Å²) in [6.07, 6.45) is 2.22. The lowest BCUT2D eigenvalue weighted by atomic mass is 10.0. The number of hydrogen-bond donors (Lipinski definition) is 1. The quantitative estimate of drug-likeness (QED) is 0.859. The molecule has 0 aliphatic heterocycles. The Kier molecular flexibility index (Phi) is 3.62. The van der Waals surface area contributed by atoms with Crippen LogP contribution in [0.15, 0.2) is 34.9 Å². The molecule has 3 nitrogen and oxygen atoms in total. The van der Waals surface area contributed by atoms with E-state index in [2.05, 4.69) is 5.32 Å². The van der Waals surface area contributed by atoms with Gasteiger partial charge in [-0.3, -0.25) is 4.79 Å². The molecule has 0 atom stereocenters. The van der Waals surface area contributed by atoms with Crippen LogP contribution in [0.1, 0.15) is 30.6 Å². The van der Waals surface area contributed by atoms with Crippen LogP contribution in [0.4, 0.5) is 0 Å². The zero-order valence-electron chi connectivity index (χ0n) is 10.5. The summed E-state index contributed by atoms with van der Waals surface area (Å²) >= 11 is 5.72. The third-order valence-electron chi connectivity index (χ3n) is 2.90. The van der Waals surface area contributed by atoms with Crippen molar-refractivity contribution in [2.24, 2.45) is 0 Å². The predicted molar refractivity (Wildman–Crippen MR) is 73.1 cm³/mol. The summed E-state index contributed by atoms with van der Waals surface area (Å²) in [4.78, 5) is 12.2. The topological polar surface area (TPSA) is 42.2 Å². The molecule has 4 heteroatoms. The number of amides is 1. The van der Waals surface area contributed by atoms with Crippen LogP contribution >= 0.6 is 11.6 Å². The highest BCUT2D eigenvalue weighted by atomic mass is 35.5. The first-order valence-corrected chi connectivity index (χ1v) is 6.42. The van der Waals surface area contributed by atoms with Gasteiger partial charge in [-0.15, -0.1) is 11.6 Å². The molecule has 1 aromatic heterocycles. The molecule has 0 aliphatic rings. The van der Waals surface area contributed by atoms with Gasteiger partial charge in [-0.25, -0.2) is 0 Å². The molecule has 0 saturated carbocycles. The normalized spacial score (nSPS) is 11.7. The van der Waals surface area contributed by atoms with Crippen molar-refractivity contribution in [3.63, 3.8) is 0 Å². The molecular formula is C14H16ClNO2. The van der Waals surface area contributed by atoms with E-state index in [0.717, 1.165) is 17.4 Å². The van der Waals surface area contributed by atoms with E-state index in [1.165, 1.54) is 6.26 Å². The molecule has 0 saturated heterocycles. The maximum absolute atomic E-state index is 12.2. The monoisotopic (exact) mass is 265 g/mol. The smallest absolute Gasteiger partial charge is 0.255 e. The van der Waals surface area contributed by atoms with E-state index in [1.54, 1.807) is 0 Å². The standard InChI is InChI=1S/C14H16ClNO2/c1-14(2,7-8-15)16-13(17)11-9-18-12-6-4-3-5-10(11)12/h3-6,9H,7-8H2,1-2H3,(H,16,17). The second-order valence-corrected chi connectivity index (χ2v) is 5.30. The number of rotatable bonds is 4. The summed E-state index contributed by atoms with van der Waals surface area (Å²) in [5.74, 6) is 0.384. The average Bonchev–Trinajstić information content (AvgIpc) is 2.71. The Morgan fingerprint density at radius 1 is 1.39 bits per heavy atom. The molecule has 1 heterocycles. The van der Waals surface area contributed by atoms with E-state index in [9.17, 15) is 4.79 Å². The van der Waals surface area contributed by atoms with Gasteiger partial charge >= 0.3 is 0 Å². The Morgan fingerprint density at radius 2 is 2.11 bits per heavy atom. The lowest BCUT2D eigenvalue weighted by Gasteiger charge is -2.25. The Morgan fingerprint density at radius 3 is 2.83 bits per heavy atom. The van der Waals surface area contributed by atoms with Crippen molar-refractivity contribution in [2.75, 3.05) is 5.88 Å². The fourth-order valence-electron chi connectivity index (χ4n) is 1.83. The maximum Gasteiger partial charge on any atom is 0.255 e. The third kappa shape index (κ3) is 2.67. The molecule has 0 spiro atoms. The Labute approximate surface area is 111 Å². The summed E-state index contributed by atoms with van der Waals surface area (Å²) < 4.78 is 5.36. The van der Waals surface area contributed by atoms with Gasteiger partial charge in [-0.05, 0) is 26.3 Å². The maximum atomic E-state index is 12.2. The van der Waals surface area contributed by atoms with Crippen LogP contribution in [0.3, 0.4) is 0 Å². The van der Waals surface area contributed by atoms with Gasteiger partial charge in [0.05, 0.1) is 5.56 Å². The zero-order valence-corrected chi connectivity index (χ0v) is 11.3. The molecule has 0 unspecified atom stereocenters.